The number of halogens is 1. The topological polar surface area (TPSA) is 115 Å². The molecule has 0 spiro atoms. The summed E-state index contributed by atoms with van der Waals surface area (Å²) in [5.74, 6) is 0.338. The van der Waals surface area contributed by atoms with Crippen LogP contribution in [0.3, 0.4) is 0 Å². The van der Waals surface area contributed by atoms with E-state index >= 15 is 0 Å². The largest absolute Gasteiger partial charge is 0.444 e. The van der Waals surface area contributed by atoms with Crippen molar-refractivity contribution in [2.45, 2.75) is 82.4 Å². The number of pyridine rings is 2. The molecule has 2 aromatic heterocycles. The second kappa shape index (κ2) is 10.5. The van der Waals surface area contributed by atoms with Crippen molar-refractivity contribution in [3.05, 3.63) is 52.4 Å². The zero-order chi connectivity index (χ0) is 26.0. The highest BCUT2D eigenvalue weighted by Crippen LogP contribution is 2.38. The number of ether oxygens (including phenoxy) is 1. The summed E-state index contributed by atoms with van der Waals surface area (Å²) in [7, 11) is -3.88. The van der Waals surface area contributed by atoms with E-state index in [4.69, 9.17) is 9.88 Å². The minimum absolute atomic E-state index is 0.0226. The quantitative estimate of drug-likeness (QED) is 0.502. The number of nitrogens with zero attached hydrogens (tertiary/aromatic N) is 3. The number of nitrogens with two attached hydrogens (primary N) is 1. The Labute approximate surface area is 216 Å². The molecule has 1 aliphatic heterocycles. The number of hydrogen-bond acceptors (Lipinski definition) is 6. The number of hydrogen-bond donors (Lipinski definition) is 1. The van der Waals surface area contributed by atoms with Crippen molar-refractivity contribution in [2.75, 3.05) is 6.54 Å². The van der Waals surface area contributed by atoms with Crippen LogP contribution in [-0.4, -0.2) is 47.1 Å². The summed E-state index contributed by atoms with van der Waals surface area (Å²) in [5, 5.41) is 5.14. The lowest BCUT2D eigenvalue weighted by Crippen LogP contribution is -2.45. The van der Waals surface area contributed by atoms with Crippen molar-refractivity contribution in [1.29, 1.82) is 0 Å². The lowest BCUT2D eigenvalue weighted by molar-refractivity contribution is 0.0130. The van der Waals surface area contributed by atoms with Gasteiger partial charge in [0.1, 0.15) is 5.60 Å². The third-order valence-corrected chi connectivity index (χ3v) is 7.49. The highest BCUT2D eigenvalue weighted by molar-refractivity contribution is 9.10. The van der Waals surface area contributed by atoms with Gasteiger partial charge in [0.2, 0.25) is 0 Å². The van der Waals surface area contributed by atoms with Crippen molar-refractivity contribution >= 4 is 32.0 Å². The second-order valence-corrected chi connectivity index (χ2v) is 13.3. The lowest BCUT2D eigenvalue weighted by Gasteiger charge is -2.33. The first-order valence-electron chi connectivity index (χ1n) is 11.7. The average Bonchev–Trinajstić information content (AvgIpc) is 3.04. The zero-order valence-corrected chi connectivity index (χ0v) is 23.4. The number of sulfonamides is 1. The first-order chi connectivity index (χ1) is 16.1. The third kappa shape index (κ3) is 7.72. The zero-order valence-electron chi connectivity index (χ0n) is 21.0. The number of carbonyl (C=O) groups excluding carboxylic acids is 1. The molecule has 2 N–H and O–H groups in total. The van der Waals surface area contributed by atoms with Crippen molar-refractivity contribution in [2.24, 2.45) is 11.1 Å². The van der Waals surface area contributed by atoms with Crippen LogP contribution in [0.15, 0.2) is 46.0 Å². The standard InChI is InChI=1S/C25H35BrN4O4S/c1-24(2,3)34-23(31)30-16-17(15-25(30,4)5)9-10-18(21-14-19(26)11-12-28-21)13-20-7-6-8-22(29-20)35(27,32)33/h6-8,11-12,14,17-18H,9-10,13,15-16H2,1-5H3,(H2,27,32,33)/t17-,18?/m0/s1. The predicted octanol–water partition coefficient (Wildman–Crippen LogP) is 5.03. The Kier molecular flexibility index (Phi) is 8.28. The third-order valence-electron chi connectivity index (χ3n) is 6.19. The van der Waals surface area contributed by atoms with Crippen molar-refractivity contribution in [1.82, 2.24) is 14.9 Å². The van der Waals surface area contributed by atoms with Crippen LogP contribution in [0, 0.1) is 5.92 Å². The SMILES string of the molecule is CC(C)(C)OC(=O)N1C[C@@H](CCC(Cc2cccc(S(N)(=O)=O)n2)c2cc(Br)ccn2)CC1(C)C. The Hall–Kier alpha value is -2.04. The number of rotatable bonds is 7. The minimum Gasteiger partial charge on any atom is -0.444 e. The van der Waals surface area contributed by atoms with Crippen LogP contribution in [0.25, 0.3) is 0 Å². The van der Waals surface area contributed by atoms with Crippen LogP contribution in [0.1, 0.15) is 71.2 Å². The molecule has 3 heterocycles. The summed E-state index contributed by atoms with van der Waals surface area (Å²) in [6, 6.07) is 8.73. The molecule has 0 aliphatic carbocycles. The Morgan fingerprint density at radius 2 is 2.03 bits per heavy atom. The number of aromatic nitrogens is 2. The average molecular weight is 568 g/mol. The summed E-state index contributed by atoms with van der Waals surface area (Å²) in [6.07, 6.45) is 4.58. The first-order valence-corrected chi connectivity index (χ1v) is 14.1. The smallest absolute Gasteiger partial charge is 0.410 e. The van der Waals surface area contributed by atoms with Gasteiger partial charge in [-0.3, -0.25) is 4.98 Å². The number of carbonyl (C=O) groups is 1. The molecule has 35 heavy (non-hydrogen) atoms. The van der Waals surface area contributed by atoms with Crippen LogP contribution in [0.2, 0.25) is 0 Å². The molecule has 10 heteroatoms. The van der Waals surface area contributed by atoms with Gasteiger partial charge in [0.25, 0.3) is 10.0 Å². The van der Waals surface area contributed by atoms with Gasteiger partial charge in [0.05, 0.1) is 0 Å². The Balaban J connectivity index is 1.76. The molecule has 1 aliphatic rings. The van der Waals surface area contributed by atoms with Gasteiger partial charge in [-0.15, -0.1) is 0 Å². The predicted molar refractivity (Wildman–Crippen MR) is 138 cm³/mol. The van der Waals surface area contributed by atoms with Gasteiger partial charge in [-0.2, -0.15) is 0 Å². The highest BCUT2D eigenvalue weighted by Gasteiger charge is 2.42. The normalized spacial score (nSPS) is 18.9. The van der Waals surface area contributed by atoms with Crippen LogP contribution < -0.4 is 5.14 Å². The van der Waals surface area contributed by atoms with Gasteiger partial charge >= 0.3 is 6.09 Å². The molecule has 1 unspecified atom stereocenters. The fourth-order valence-electron chi connectivity index (χ4n) is 4.64. The molecule has 2 aromatic rings. The molecular weight excluding hydrogens is 532 g/mol. The Bertz CT molecular complexity index is 1160. The van der Waals surface area contributed by atoms with Crippen molar-refractivity contribution < 1.29 is 17.9 Å². The molecule has 192 valence electrons. The number of likely N-dealkylation sites (tertiary alicyclic amines) is 1. The molecule has 0 radical (unpaired) electrons. The Morgan fingerprint density at radius 3 is 2.66 bits per heavy atom. The van der Waals surface area contributed by atoms with E-state index in [1.54, 1.807) is 12.3 Å². The van der Waals surface area contributed by atoms with Gasteiger partial charge in [-0.1, -0.05) is 22.0 Å². The van der Waals surface area contributed by atoms with Gasteiger partial charge in [0.15, 0.2) is 5.03 Å². The molecule has 3 rings (SSSR count). The van der Waals surface area contributed by atoms with E-state index in [2.05, 4.69) is 39.7 Å². The van der Waals surface area contributed by atoms with Crippen LogP contribution in [0.5, 0.6) is 0 Å². The Morgan fingerprint density at radius 1 is 1.31 bits per heavy atom. The van der Waals surface area contributed by atoms with Crippen LogP contribution in [-0.2, 0) is 21.2 Å². The van der Waals surface area contributed by atoms with E-state index in [0.29, 0.717) is 24.6 Å². The fraction of sp³-hybridized carbons (Fsp3) is 0.560. The molecule has 1 fully saturated rings. The van der Waals surface area contributed by atoms with Gasteiger partial charge < -0.3 is 9.64 Å². The highest BCUT2D eigenvalue weighted by atomic mass is 79.9. The maximum atomic E-state index is 12.8. The van der Waals surface area contributed by atoms with E-state index in [0.717, 1.165) is 29.4 Å². The molecule has 0 aromatic carbocycles. The summed E-state index contributed by atoms with van der Waals surface area (Å²) in [6.45, 7) is 10.4. The maximum Gasteiger partial charge on any atom is 0.410 e. The summed E-state index contributed by atoms with van der Waals surface area (Å²) >= 11 is 3.52. The van der Waals surface area contributed by atoms with Gasteiger partial charge in [-0.05, 0) is 90.5 Å². The van der Waals surface area contributed by atoms with E-state index in [1.165, 1.54) is 6.07 Å². The molecule has 0 bridgehead atoms. The van der Waals surface area contributed by atoms with Crippen LogP contribution in [0.4, 0.5) is 4.79 Å². The summed E-state index contributed by atoms with van der Waals surface area (Å²) in [5.41, 5.74) is 0.720. The molecule has 2 atom stereocenters. The monoisotopic (exact) mass is 566 g/mol. The van der Waals surface area contributed by atoms with E-state index < -0.39 is 15.6 Å². The van der Waals surface area contributed by atoms with Gasteiger partial charge in [0, 0.05) is 40.1 Å². The molecule has 1 saturated heterocycles. The minimum atomic E-state index is -3.88. The number of primary sulfonamides is 1. The molecule has 0 saturated carbocycles. The second-order valence-electron chi connectivity index (χ2n) is 10.9. The van der Waals surface area contributed by atoms with E-state index in [9.17, 15) is 13.2 Å². The van der Waals surface area contributed by atoms with E-state index in [1.807, 2.05) is 43.9 Å². The summed E-state index contributed by atoms with van der Waals surface area (Å²) < 4.78 is 30.1. The van der Waals surface area contributed by atoms with Crippen LogP contribution >= 0.6 is 15.9 Å². The first kappa shape index (κ1) is 27.5. The fourth-order valence-corrected chi connectivity index (χ4v) is 5.50. The summed E-state index contributed by atoms with van der Waals surface area (Å²) in [4.78, 5) is 23.5. The van der Waals surface area contributed by atoms with Crippen molar-refractivity contribution in [3.8, 4) is 0 Å². The molecular formula is C25H35BrN4O4S. The number of amides is 1. The van der Waals surface area contributed by atoms with Crippen molar-refractivity contribution in [3.63, 3.8) is 0 Å². The van der Waals surface area contributed by atoms with E-state index in [-0.39, 0.29) is 22.6 Å². The lowest BCUT2D eigenvalue weighted by atomic mass is 9.87. The maximum absolute atomic E-state index is 12.8. The molecule has 1 amide bonds. The molecule has 8 nitrogen and oxygen atoms in total. The van der Waals surface area contributed by atoms with Gasteiger partial charge in [-0.25, -0.2) is 23.3 Å².